The molecule has 1 atom stereocenters. The number of nitrogens with zero attached hydrogens (tertiary/aromatic N) is 1. The Morgan fingerprint density at radius 3 is 3.12 bits per heavy atom. The van der Waals surface area contributed by atoms with Gasteiger partial charge in [-0.1, -0.05) is 0 Å². The van der Waals surface area contributed by atoms with Gasteiger partial charge in [0.2, 0.25) is 11.9 Å². The van der Waals surface area contributed by atoms with Crippen LogP contribution in [0.2, 0.25) is 0 Å². The van der Waals surface area contributed by atoms with E-state index in [0.29, 0.717) is 5.69 Å². The van der Waals surface area contributed by atoms with Gasteiger partial charge in [0.1, 0.15) is 0 Å². The van der Waals surface area contributed by atoms with E-state index in [4.69, 9.17) is 0 Å². The molecule has 2 heterocycles. The fourth-order valence-corrected chi connectivity index (χ4v) is 2.35. The normalized spacial score (nSPS) is 20.4. The van der Waals surface area contributed by atoms with Gasteiger partial charge in [0.15, 0.2) is 0 Å². The Morgan fingerprint density at radius 1 is 1.62 bits per heavy atom. The van der Waals surface area contributed by atoms with Crippen molar-refractivity contribution >= 4 is 23.4 Å². The number of halogens is 1. The fourth-order valence-electron chi connectivity index (χ4n) is 1.41. The molecule has 1 fully saturated rings. The first-order valence-electron chi connectivity index (χ1n) is 4.99. The molecule has 0 spiro atoms. The number of aromatic nitrogens is 1. The molecule has 1 aromatic rings. The second-order valence-electron chi connectivity index (χ2n) is 3.44. The molecule has 1 aliphatic heterocycles. The Morgan fingerprint density at radius 2 is 2.50 bits per heavy atom. The van der Waals surface area contributed by atoms with E-state index < -0.39 is 5.95 Å². The lowest BCUT2D eigenvalue weighted by atomic mass is 10.3. The zero-order valence-electron chi connectivity index (χ0n) is 8.57. The average Bonchev–Trinajstić information content (AvgIpc) is 2.33. The number of carbonyl (C=O) groups excluding carboxylic acids is 1. The molecule has 6 heteroatoms. The number of pyridine rings is 1. The highest BCUT2D eigenvalue weighted by Crippen LogP contribution is 2.10. The van der Waals surface area contributed by atoms with E-state index in [0.717, 1.165) is 18.1 Å². The second-order valence-corrected chi connectivity index (χ2v) is 4.59. The second kappa shape index (κ2) is 5.27. The first-order chi connectivity index (χ1) is 7.75. The van der Waals surface area contributed by atoms with Gasteiger partial charge >= 0.3 is 0 Å². The van der Waals surface area contributed by atoms with Crippen LogP contribution >= 0.6 is 11.8 Å². The highest BCUT2D eigenvalue weighted by atomic mass is 32.2. The van der Waals surface area contributed by atoms with Crippen LogP contribution in [0, 0.1) is 5.95 Å². The van der Waals surface area contributed by atoms with Crippen molar-refractivity contribution in [3.05, 3.63) is 24.3 Å². The van der Waals surface area contributed by atoms with Gasteiger partial charge in [0.25, 0.3) is 0 Å². The molecule has 1 saturated heterocycles. The van der Waals surface area contributed by atoms with Crippen LogP contribution < -0.4 is 10.6 Å². The third-order valence-corrected chi connectivity index (χ3v) is 3.29. The molecule has 0 bridgehead atoms. The topological polar surface area (TPSA) is 54.0 Å². The predicted octanol–water partition coefficient (Wildman–Crippen LogP) is 0.864. The summed E-state index contributed by atoms with van der Waals surface area (Å²) in [5, 5.41) is 5.82. The van der Waals surface area contributed by atoms with Crippen molar-refractivity contribution in [3.8, 4) is 0 Å². The monoisotopic (exact) mass is 241 g/mol. The van der Waals surface area contributed by atoms with Crippen molar-refractivity contribution in [2.24, 2.45) is 0 Å². The summed E-state index contributed by atoms with van der Waals surface area (Å²) < 4.78 is 12.5. The van der Waals surface area contributed by atoms with Crippen molar-refractivity contribution < 1.29 is 9.18 Å². The Hall–Kier alpha value is -1.14. The molecule has 0 aliphatic carbocycles. The summed E-state index contributed by atoms with van der Waals surface area (Å²) in [5.74, 6) is 1.15. The number of thioether (sulfide) groups is 1. The van der Waals surface area contributed by atoms with Gasteiger partial charge in [-0.05, 0) is 12.1 Å². The van der Waals surface area contributed by atoms with Gasteiger partial charge in [0.05, 0.1) is 17.9 Å². The van der Waals surface area contributed by atoms with E-state index in [1.54, 1.807) is 11.8 Å². The Kier molecular flexibility index (Phi) is 3.74. The molecule has 1 amide bonds. The van der Waals surface area contributed by atoms with Crippen LogP contribution in [0.15, 0.2) is 18.3 Å². The number of hydrogen-bond acceptors (Lipinski definition) is 4. The van der Waals surface area contributed by atoms with Crippen molar-refractivity contribution in [3.63, 3.8) is 0 Å². The Bertz CT molecular complexity index is 365. The molecule has 2 N–H and O–H groups in total. The van der Waals surface area contributed by atoms with E-state index in [-0.39, 0.29) is 11.9 Å². The minimum Gasteiger partial charge on any atom is -0.323 e. The van der Waals surface area contributed by atoms with Crippen LogP contribution in [-0.4, -0.2) is 35.0 Å². The highest BCUT2D eigenvalue weighted by Gasteiger charge is 2.20. The summed E-state index contributed by atoms with van der Waals surface area (Å²) in [6.45, 7) is 0.838. The number of amides is 1. The molecular weight excluding hydrogens is 229 g/mol. The van der Waals surface area contributed by atoms with Gasteiger partial charge in [-0.3, -0.25) is 4.79 Å². The lowest BCUT2D eigenvalue weighted by Gasteiger charge is -2.22. The fraction of sp³-hybridized carbons (Fsp3) is 0.400. The van der Waals surface area contributed by atoms with Crippen molar-refractivity contribution in [2.45, 2.75) is 6.04 Å². The molecule has 0 radical (unpaired) electrons. The third-order valence-electron chi connectivity index (χ3n) is 2.23. The minimum absolute atomic E-state index is 0.0967. The van der Waals surface area contributed by atoms with Gasteiger partial charge < -0.3 is 10.6 Å². The molecule has 0 saturated carbocycles. The van der Waals surface area contributed by atoms with Gasteiger partial charge in [-0.2, -0.15) is 16.2 Å². The number of anilines is 1. The van der Waals surface area contributed by atoms with E-state index >= 15 is 0 Å². The number of nitrogens with one attached hydrogen (secondary N) is 2. The van der Waals surface area contributed by atoms with Crippen molar-refractivity contribution in [1.82, 2.24) is 10.3 Å². The van der Waals surface area contributed by atoms with Crippen LogP contribution in [0.25, 0.3) is 0 Å². The molecule has 1 aromatic heterocycles. The van der Waals surface area contributed by atoms with Crippen LogP contribution in [0.4, 0.5) is 10.1 Å². The molecule has 16 heavy (non-hydrogen) atoms. The summed E-state index contributed by atoms with van der Waals surface area (Å²) >= 11 is 1.75. The number of hydrogen-bond donors (Lipinski definition) is 2. The highest BCUT2D eigenvalue weighted by molar-refractivity contribution is 7.99. The van der Waals surface area contributed by atoms with E-state index in [1.807, 2.05) is 0 Å². The zero-order valence-corrected chi connectivity index (χ0v) is 9.39. The summed E-state index contributed by atoms with van der Waals surface area (Å²) in [7, 11) is 0. The van der Waals surface area contributed by atoms with E-state index in [2.05, 4.69) is 15.6 Å². The minimum atomic E-state index is -0.552. The Balaban J connectivity index is 1.93. The Labute approximate surface area is 97.0 Å². The standard InChI is InChI=1S/C10H12FN3OS/c11-9-2-1-7(5-13-9)14-10(15)8-6-16-4-3-12-8/h1-2,5,8,12H,3-4,6H2,(H,14,15). The molecular formula is C10H12FN3OS. The maximum Gasteiger partial charge on any atom is 0.242 e. The first kappa shape index (κ1) is 11.3. The van der Waals surface area contributed by atoms with Crippen LogP contribution in [0.3, 0.4) is 0 Å². The zero-order chi connectivity index (χ0) is 11.4. The molecule has 0 aromatic carbocycles. The van der Waals surface area contributed by atoms with Gasteiger partial charge in [-0.25, -0.2) is 4.98 Å². The number of rotatable bonds is 2. The molecule has 2 rings (SSSR count). The smallest absolute Gasteiger partial charge is 0.242 e. The first-order valence-corrected chi connectivity index (χ1v) is 6.15. The summed E-state index contributed by atoms with van der Waals surface area (Å²) in [6.07, 6.45) is 1.31. The SMILES string of the molecule is O=C(Nc1ccc(F)nc1)C1CSCCN1. The summed E-state index contributed by atoms with van der Waals surface area (Å²) in [6, 6.07) is 2.54. The van der Waals surface area contributed by atoms with Crippen molar-refractivity contribution in [1.29, 1.82) is 0 Å². The van der Waals surface area contributed by atoms with Gasteiger partial charge in [-0.15, -0.1) is 0 Å². The van der Waals surface area contributed by atoms with Gasteiger partial charge in [0, 0.05) is 18.1 Å². The quantitative estimate of drug-likeness (QED) is 0.754. The van der Waals surface area contributed by atoms with Crippen LogP contribution in [-0.2, 0) is 4.79 Å². The molecule has 4 nitrogen and oxygen atoms in total. The van der Waals surface area contributed by atoms with Crippen LogP contribution in [0.5, 0.6) is 0 Å². The van der Waals surface area contributed by atoms with E-state index in [9.17, 15) is 9.18 Å². The largest absolute Gasteiger partial charge is 0.323 e. The summed E-state index contributed by atoms with van der Waals surface area (Å²) in [5.41, 5.74) is 0.517. The molecule has 1 unspecified atom stereocenters. The molecule has 86 valence electrons. The lowest BCUT2D eigenvalue weighted by molar-refractivity contribution is -0.117. The van der Waals surface area contributed by atoms with Crippen LogP contribution in [0.1, 0.15) is 0 Å². The third kappa shape index (κ3) is 2.93. The average molecular weight is 241 g/mol. The predicted molar refractivity (Wildman–Crippen MR) is 61.9 cm³/mol. The van der Waals surface area contributed by atoms with Crippen molar-refractivity contribution in [2.75, 3.05) is 23.4 Å². The maximum absolute atomic E-state index is 12.5. The lowest BCUT2D eigenvalue weighted by Crippen LogP contribution is -2.46. The maximum atomic E-state index is 12.5. The number of carbonyl (C=O) groups is 1. The summed E-state index contributed by atoms with van der Waals surface area (Å²) in [4.78, 5) is 15.2. The molecule has 1 aliphatic rings. The van der Waals surface area contributed by atoms with E-state index in [1.165, 1.54) is 18.3 Å².